The van der Waals surface area contributed by atoms with Gasteiger partial charge in [-0.3, -0.25) is 14.9 Å². The van der Waals surface area contributed by atoms with Crippen LogP contribution in [0.15, 0.2) is 48.5 Å². The average molecular weight is 401 g/mol. The van der Waals surface area contributed by atoms with Crippen molar-refractivity contribution in [1.29, 1.82) is 0 Å². The van der Waals surface area contributed by atoms with Gasteiger partial charge in [-0.15, -0.1) is 0 Å². The molecule has 3 aromatic rings. The molecule has 4 rings (SSSR count). The second kappa shape index (κ2) is 7.05. The Morgan fingerprint density at radius 2 is 2.00 bits per heavy atom. The molecule has 0 saturated carbocycles. The van der Waals surface area contributed by atoms with Gasteiger partial charge >= 0.3 is 0 Å². The second-order valence-corrected chi connectivity index (χ2v) is 7.28. The fourth-order valence-corrected chi connectivity index (χ4v) is 4.09. The Hall–Kier alpha value is -2.84. The molecule has 2 aromatic carbocycles. The molecule has 1 amide bonds. The van der Waals surface area contributed by atoms with Crippen LogP contribution < -0.4 is 5.32 Å². The van der Waals surface area contributed by atoms with E-state index in [0.717, 1.165) is 28.5 Å². The quantitative estimate of drug-likeness (QED) is 0.516. The number of hydrogen-bond acceptors (Lipinski definition) is 5. The van der Waals surface area contributed by atoms with Crippen LogP contribution in [0.2, 0.25) is 5.02 Å². The summed E-state index contributed by atoms with van der Waals surface area (Å²) in [5, 5.41) is 18.6. The Labute approximate surface area is 163 Å². The number of hydrogen-bond donors (Lipinski definition) is 1. The van der Waals surface area contributed by atoms with E-state index < -0.39 is 10.8 Å². The molecule has 0 fully saturated rings. The SMILES string of the molecule is O=C(Nc1c2c(nn1-c1ccccc1)CSC2)c1ccc(Cl)c([N+](=O)[O-])c1. The van der Waals surface area contributed by atoms with Crippen molar-refractivity contribution in [2.24, 2.45) is 0 Å². The number of nitro groups is 1. The van der Waals surface area contributed by atoms with Gasteiger partial charge in [-0.2, -0.15) is 16.9 Å². The highest BCUT2D eigenvalue weighted by molar-refractivity contribution is 7.98. The fourth-order valence-electron chi connectivity index (χ4n) is 2.87. The lowest BCUT2D eigenvalue weighted by Crippen LogP contribution is -2.16. The van der Waals surface area contributed by atoms with Crippen LogP contribution in [0.25, 0.3) is 5.69 Å². The molecule has 1 aliphatic rings. The lowest BCUT2D eigenvalue weighted by Gasteiger charge is -2.11. The summed E-state index contributed by atoms with van der Waals surface area (Å²) >= 11 is 7.56. The third-order valence-corrected chi connectivity index (χ3v) is 5.48. The number of rotatable bonds is 4. The van der Waals surface area contributed by atoms with Gasteiger partial charge in [0.15, 0.2) is 0 Å². The summed E-state index contributed by atoms with van der Waals surface area (Å²) < 4.78 is 1.70. The molecule has 0 atom stereocenters. The molecule has 0 radical (unpaired) electrons. The van der Waals surface area contributed by atoms with Crippen molar-refractivity contribution in [3.8, 4) is 5.69 Å². The normalized spacial score (nSPS) is 12.6. The van der Waals surface area contributed by atoms with Crippen LogP contribution in [-0.4, -0.2) is 20.6 Å². The molecule has 0 aliphatic carbocycles. The number of para-hydroxylation sites is 1. The summed E-state index contributed by atoms with van der Waals surface area (Å²) in [6.45, 7) is 0. The maximum atomic E-state index is 12.8. The Bertz CT molecular complexity index is 1050. The van der Waals surface area contributed by atoms with Gasteiger partial charge in [-0.1, -0.05) is 29.8 Å². The maximum Gasteiger partial charge on any atom is 0.288 e. The summed E-state index contributed by atoms with van der Waals surface area (Å²) in [5.41, 5.74) is 2.59. The predicted molar refractivity (Wildman–Crippen MR) is 105 cm³/mol. The molecular formula is C18H13ClN4O3S. The van der Waals surface area contributed by atoms with Crippen molar-refractivity contribution in [1.82, 2.24) is 9.78 Å². The van der Waals surface area contributed by atoms with Crippen LogP contribution in [0.5, 0.6) is 0 Å². The number of anilines is 1. The summed E-state index contributed by atoms with van der Waals surface area (Å²) in [6.07, 6.45) is 0. The third kappa shape index (κ3) is 3.29. The first-order chi connectivity index (χ1) is 13.0. The Morgan fingerprint density at radius 1 is 1.22 bits per heavy atom. The molecule has 1 N–H and O–H groups in total. The summed E-state index contributed by atoms with van der Waals surface area (Å²) in [4.78, 5) is 23.2. The molecular weight excluding hydrogens is 388 g/mol. The lowest BCUT2D eigenvalue weighted by molar-refractivity contribution is -0.384. The van der Waals surface area contributed by atoms with E-state index in [1.54, 1.807) is 16.4 Å². The number of thioether (sulfide) groups is 1. The molecule has 2 heterocycles. The topological polar surface area (TPSA) is 90.1 Å². The van der Waals surface area contributed by atoms with Crippen LogP contribution in [0, 0.1) is 10.1 Å². The van der Waals surface area contributed by atoms with Gasteiger partial charge in [0.1, 0.15) is 10.8 Å². The van der Waals surface area contributed by atoms with E-state index in [-0.39, 0.29) is 16.3 Å². The van der Waals surface area contributed by atoms with E-state index in [1.165, 1.54) is 18.2 Å². The van der Waals surface area contributed by atoms with Crippen LogP contribution >= 0.6 is 23.4 Å². The van der Waals surface area contributed by atoms with Gasteiger partial charge in [0, 0.05) is 28.7 Å². The standard InChI is InChI=1S/C18H13ClN4O3S/c19-14-7-6-11(8-16(14)23(25)26)18(24)20-17-13-9-27-10-15(13)21-22(17)12-4-2-1-3-5-12/h1-8H,9-10H2,(H,20,24). The first-order valence-electron chi connectivity index (χ1n) is 8.04. The number of nitro benzene ring substituents is 1. The minimum Gasteiger partial charge on any atom is -0.306 e. The number of benzene rings is 2. The molecule has 136 valence electrons. The number of aromatic nitrogens is 2. The van der Waals surface area contributed by atoms with Crippen molar-refractivity contribution in [2.75, 3.05) is 5.32 Å². The first kappa shape index (κ1) is 17.6. The maximum absolute atomic E-state index is 12.8. The van der Waals surface area contributed by atoms with Crippen molar-refractivity contribution in [3.63, 3.8) is 0 Å². The zero-order valence-electron chi connectivity index (χ0n) is 13.9. The van der Waals surface area contributed by atoms with E-state index in [2.05, 4.69) is 10.4 Å². The van der Waals surface area contributed by atoms with Crippen LogP contribution in [0.4, 0.5) is 11.5 Å². The Morgan fingerprint density at radius 3 is 2.74 bits per heavy atom. The smallest absolute Gasteiger partial charge is 0.288 e. The lowest BCUT2D eigenvalue weighted by atomic mass is 10.2. The zero-order chi connectivity index (χ0) is 19.0. The van der Waals surface area contributed by atoms with Crippen LogP contribution in [-0.2, 0) is 11.5 Å². The van der Waals surface area contributed by atoms with Gasteiger partial charge in [0.2, 0.25) is 0 Å². The summed E-state index contributed by atoms with van der Waals surface area (Å²) in [6, 6.07) is 13.5. The second-order valence-electron chi connectivity index (χ2n) is 5.89. The first-order valence-corrected chi connectivity index (χ1v) is 9.57. The van der Waals surface area contributed by atoms with Gasteiger partial charge < -0.3 is 5.32 Å². The minimum atomic E-state index is -0.609. The van der Waals surface area contributed by atoms with Gasteiger partial charge in [0.25, 0.3) is 11.6 Å². The summed E-state index contributed by atoms with van der Waals surface area (Å²) in [5.74, 6) is 1.67. The van der Waals surface area contributed by atoms with Crippen LogP contribution in [0.1, 0.15) is 21.6 Å². The van der Waals surface area contributed by atoms with E-state index >= 15 is 0 Å². The van der Waals surface area contributed by atoms with Crippen molar-refractivity contribution in [3.05, 3.63) is 80.5 Å². The molecule has 1 aromatic heterocycles. The van der Waals surface area contributed by atoms with E-state index in [9.17, 15) is 14.9 Å². The third-order valence-electron chi connectivity index (χ3n) is 4.19. The van der Waals surface area contributed by atoms with E-state index in [0.29, 0.717) is 5.82 Å². The molecule has 0 bridgehead atoms. The average Bonchev–Trinajstić information content (AvgIpc) is 3.25. The van der Waals surface area contributed by atoms with E-state index in [1.807, 2.05) is 30.3 Å². The highest BCUT2D eigenvalue weighted by Crippen LogP contribution is 2.36. The number of carbonyl (C=O) groups excluding carboxylic acids is 1. The number of nitrogens with zero attached hydrogens (tertiary/aromatic N) is 3. The molecule has 9 heteroatoms. The predicted octanol–water partition coefficient (Wildman–Crippen LogP) is 4.43. The number of nitrogens with one attached hydrogen (secondary N) is 1. The number of carbonyl (C=O) groups is 1. The van der Waals surface area contributed by atoms with Crippen molar-refractivity contribution in [2.45, 2.75) is 11.5 Å². The number of amides is 1. The molecule has 0 unspecified atom stereocenters. The Balaban J connectivity index is 1.72. The molecule has 27 heavy (non-hydrogen) atoms. The zero-order valence-corrected chi connectivity index (χ0v) is 15.5. The van der Waals surface area contributed by atoms with Gasteiger partial charge in [-0.25, -0.2) is 4.68 Å². The molecule has 0 spiro atoms. The van der Waals surface area contributed by atoms with E-state index in [4.69, 9.17) is 11.6 Å². The molecule has 7 nitrogen and oxygen atoms in total. The highest BCUT2D eigenvalue weighted by Gasteiger charge is 2.25. The van der Waals surface area contributed by atoms with Crippen LogP contribution in [0.3, 0.4) is 0 Å². The number of fused-ring (bicyclic) bond motifs is 1. The molecule has 1 aliphatic heterocycles. The monoisotopic (exact) mass is 400 g/mol. The van der Waals surface area contributed by atoms with Crippen molar-refractivity contribution < 1.29 is 9.72 Å². The Kier molecular flexibility index (Phi) is 4.59. The molecule has 0 saturated heterocycles. The highest BCUT2D eigenvalue weighted by atomic mass is 35.5. The largest absolute Gasteiger partial charge is 0.306 e. The minimum absolute atomic E-state index is 0.0110. The summed E-state index contributed by atoms with van der Waals surface area (Å²) in [7, 11) is 0. The fraction of sp³-hybridized carbons (Fsp3) is 0.111. The van der Waals surface area contributed by atoms with Gasteiger partial charge in [-0.05, 0) is 24.3 Å². The van der Waals surface area contributed by atoms with Gasteiger partial charge in [0.05, 0.1) is 16.3 Å². The number of halogens is 1. The van der Waals surface area contributed by atoms with Crippen molar-refractivity contribution >= 4 is 40.8 Å².